The number of nitrogens with zero attached hydrogens (tertiary/aromatic N) is 4. The first-order valence-electron chi connectivity index (χ1n) is 13.6. The monoisotopic (exact) mass is 614 g/mol. The molecule has 43 heavy (non-hydrogen) atoms. The standard InChI is InChI=1S/C27H31N6O9P/c1-16(25(34)38-18-11-36-12-18)32-43(35,42-17-7-5-4-6-8-17)37-14-27(13-28)23-22(39-26(2,3)41-23)21(40-27)19-9-10-20-24(29)30-15-31-33(19)20/h4-10,15-16,18,21-23H,11-12,14H2,1-3H3,(H,32,35)(H2,29,30,31)/t16-,21-,22-,23-,27+,43?/m0/s1. The largest absolute Gasteiger partial charge is 0.459 e. The van der Waals surface area contributed by atoms with E-state index in [-0.39, 0.29) is 30.9 Å². The molecule has 1 unspecified atom stereocenters. The van der Waals surface area contributed by atoms with E-state index in [9.17, 15) is 14.6 Å². The van der Waals surface area contributed by atoms with Gasteiger partial charge in [0.1, 0.15) is 60.7 Å². The summed E-state index contributed by atoms with van der Waals surface area (Å²) in [6, 6.07) is 12.8. The number of ether oxygens (including phenoxy) is 5. The lowest BCUT2D eigenvalue weighted by Crippen LogP contribution is -2.47. The Kier molecular flexibility index (Phi) is 7.64. The molecule has 3 aromatic rings. The van der Waals surface area contributed by atoms with Crippen LogP contribution in [0.4, 0.5) is 5.82 Å². The number of benzene rings is 1. The lowest BCUT2D eigenvalue weighted by atomic mass is 9.96. The van der Waals surface area contributed by atoms with Crippen LogP contribution >= 0.6 is 7.75 Å². The normalized spacial score (nSPS) is 28.4. The van der Waals surface area contributed by atoms with Crippen LogP contribution in [0.25, 0.3) is 5.52 Å². The zero-order valence-corrected chi connectivity index (χ0v) is 24.5. The summed E-state index contributed by atoms with van der Waals surface area (Å²) in [5.41, 5.74) is 5.29. The minimum absolute atomic E-state index is 0.207. The summed E-state index contributed by atoms with van der Waals surface area (Å²) in [4.78, 5) is 16.7. The second-order valence-corrected chi connectivity index (χ2v) is 12.6. The van der Waals surface area contributed by atoms with Gasteiger partial charge in [-0.1, -0.05) is 18.2 Å². The SMILES string of the molecule is C[C@H](NP(=O)(OC[C@@]1(C#N)O[C@@H](c2ccc3c(N)ncnn23)[C@@H]2OC(C)(C)O[C@@H]21)Oc1ccccc1)C(=O)OC1COC1. The Balaban J connectivity index is 1.28. The van der Waals surface area contributed by atoms with Crippen molar-refractivity contribution in [2.45, 2.75) is 62.6 Å². The van der Waals surface area contributed by atoms with Gasteiger partial charge in [-0.25, -0.2) is 14.1 Å². The van der Waals surface area contributed by atoms with Crippen LogP contribution in [0.5, 0.6) is 5.75 Å². The van der Waals surface area contributed by atoms with Crippen LogP contribution in [-0.2, 0) is 37.6 Å². The van der Waals surface area contributed by atoms with E-state index in [4.69, 9.17) is 38.5 Å². The number of hydrogen-bond acceptors (Lipinski definition) is 13. The van der Waals surface area contributed by atoms with E-state index in [1.165, 1.54) is 13.3 Å². The van der Waals surface area contributed by atoms with Gasteiger partial charge in [0.25, 0.3) is 0 Å². The molecule has 0 amide bonds. The van der Waals surface area contributed by atoms with E-state index >= 15 is 0 Å². The molecular formula is C27H31N6O9P. The number of nitrogens with two attached hydrogens (primary N) is 1. The smallest absolute Gasteiger partial charge is 0.456 e. The minimum atomic E-state index is -4.34. The van der Waals surface area contributed by atoms with E-state index in [1.54, 1.807) is 60.8 Å². The Morgan fingerprint density at radius 3 is 2.70 bits per heavy atom. The fourth-order valence-corrected chi connectivity index (χ4v) is 6.64. The summed E-state index contributed by atoms with van der Waals surface area (Å²) in [6.07, 6.45) is -1.67. The molecule has 0 saturated carbocycles. The first-order chi connectivity index (χ1) is 20.5. The fraction of sp³-hybridized carbons (Fsp3) is 0.481. The quantitative estimate of drug-likeness (QED) is 0.250. The average Bonchev–Trinajstić information content (AvgIpc) is 3.60. The third-order valence-electron chi connectivity index (χ3n) is 7.23. The molecule has 0 spiro atoms. The number of fused-ring (bicyclic) bond motifs is 2. The molecule has 6 rings (SSSR count). The first kappa shape index (κ1) is 29.5. The van der Waals surface area contributed by atoms with Crippen molar-refractivity contribution in [3.8, 4) is 11.8 Å². The number of anilines is 1. The molecule has 15 nitrogen and oxygen atoms in total. The van der Waals surface area contributed by atoms with Crippen molar-refractivity contribution < 1.29 is 42.1 Å². The van der Waals surface area contributed by atoms with Gasteiger partial charge >= 0.3 is 13.7 Å². The number of nitriles is 1. The number of carbonyl (C=O) groups is 1. The highest BCUT2D eigenvalue weighted by atomic mass is 31.2. The van der Waals surface area contributed by atoms with E-state index in [0.717, 1.165) is 0 Å². The van der Waals surface area contributed by atoms with Gasteiger partial charge in [0, 0.05) is 0 Å². The Labute approximate surface area is 246 Å². The van der Waals surface area contributed by atoms with Crippen molar-refractivity contribution in [1.29, 1.82) is 5.26 Å². The third-order valence-corrected chi connectivity index (χ3v) is 8.85. The summed E-state index contributed by atoms with van der Waals surface area (Å²) < 4.78 is 56.5. The summed E-state index contributed by atoms with van der Waals surface area (Å²) in [5, 5.41) is 17.4. The van der Waals surface area contributed by atoms with Crippen LogP contribution < -0.4 is 15.3 Å². The van der Waals surface area contributed by atoms with Gasteiger partial charge in [0.15, 0.2) is 11.6 Å². The topological polar surface area (TPSA) is 191 Å². The van der Waals surface area contributed by atoms with Crippen LogP contribution in [0.2, 0.25) is 0 Å². The van der Waals surface area contributed by atoms with Gasteiger partial charge in [0.05, 0.1) is 18.9 Å². The van der Waals surface area contributed by atoms with Crippen LogP contribution in [0.3, 0.4) is 0 Å². The number of nitrogen functional groups attached to an aromatic ring is 1. The predicted molar refractivity (Wildman–Crippen MR) is 147 cm³/mol. The molecule has 6 atom stereocenters. The highest BCUT2D eigenvalue weighted by Crippen LogP contribution is 2.53. The Bertz CT molecular complexity index is 1590. The lowest BCUT2D eigenvalue weighted by molar-refractivity contribution is -0.204. The molecule has 16 heteroatoms. The van der Waals surface area contributed by atoms with E-state index in [0.29, 0.717) is 11.2 Å². The highest BCUT2D eigenvalue weighted by molar-refractivity contribution is 7.52. The number of nitrogens with one attached hydrogen (secondary N) is 1. The van der Waals surface area contributed by atoms with Gasteiger partial charge in [-0.3, -0.25) is 9.32 Å². The Morgan fingerprint density at radius 2 is 2.00 bits per heavy atom. The first-order valence-corrected chi connectivity index (χ1v) is 15.1. The maximum atomic E-state index is 14.2. The number of rotatable bonds is 10. The lowest BCUT2D eigenvalue weighted by Gasteiger charge is -2.31. The molecule has 3 saturated heterocycles. The summed E-state index contributed by atoms with van der Waals surface area (Å²) in [7, 11) is -4.34. The number of aromatic nitrogens is 3. The van der Waals surface area contributed by atoms with Gasteiger partial charge in [-0.15, -0.1) is 0 Å². The average molecular weight is 615 g/mol. The summed E-state index contributed by atoms with van der Waals surface area (Å²) >= 11 is 0. The molecule has 3 fully saturated rings. The van der Waals surface area contributed by atoms with Gasteiger partial charge in [-0.05, 0) is 45.0 Å². The highest BCUT2D eigenvalue weighted by Gasteiger charge is 2.65. The minimum Gasteiger partial charge on any atom is -0.456 e. The Hall–Kier alpha value is -3.61. The Morgan fingerprint density at radius 1 is 1.23 bits per heavy atom. The molecule has 2 aromatic heterocycles. The molecule has 0 aliphatic carbocycles. The molecule has 228 valence electrons. The summed E-state index contributed by atoms with van der Waals surface area (Å²) in [5.74, 6) is -1.28. The molecule has 0 bridgehead atoms. The molecule has 5 heterocycles. The summed E-state index contributed by atoms with van der Waals surface area (Å²) in [6.45, 7) is 4.89. The molecule has 3 aliphatic heterocycles. The van der Waals surface area contributed by atoms with Gasteiger partial charge < -0.3 is 33.9 Å². The zero-order valence-electron chi connectivity index (χ0n) is 23.6. The van der Waals surface area contributed by atoms with Crippen molar-refractivity contribution in [3.05, 3.63) is 54.5 Å². The van der Waals surface area contributed by atoms with Crippen molar-refractivity contribution in [1.82, 2.24) is 19.7 Å². The van der Waals surface area contributed by atoms with Crippen molar-refractivity contribution in [2.75, 3.05) is 25.6 Å². The second-order valence-electron chi connectivity index (χ2n) is 10.9. The maximum absolute atomic E-state index is 14.2. The number of carbonyl (C=O) groups excluding carboxylic acids is 1. The fourth-order valence-electron chi connectivity index (χ4n) is 5.12. The van der Waals surface area contributed by atoms with Crippen LogP contribution in [0.15, 0.2) is 48.8 Å². The molecule has 3 aliphatic rings. The van der Waals surface area contributed by atoms with E-state index in [1.807, 2.05) is 0 Å². The number of esters is 1. The molecule has 3 N–H and O–H groups in total. The number of para-hydroxylation sites is 1. The van der Waals surface area contributed by atoms with Gasteiger partial charge in [0.2, 0.25) is 5.60 Å². The van der Waals surface area contributed by atoms with Crippen LogP contribution in [-0.4, -0.2) is 76.1 Å². The van der Waals surface area contributed by atoms with Crippen molar-refractivity contribution in [3.63, 3.8) is 0 Å². The third kappa shape index (κ3) is 5.71. The van der Waals surface area contributed by atoms with Crippen LogP contribution in [0.1, 0.15) is 32.6 Å². The molecule has 0 radical (unpaired) electrons. The van der Waals surface area contributed by atoms with Crippen LogP contribution in [0, 0.1) is 11.3 Å². The number of hydrogen-bond donors (Lipinski definition) is 2. The predicted octanol–water partition coefficient (Wildman–Crippen LogP) is 2.29. The van der Waals surface area contributed by atoms with E-state index < -0.39 is 56.1 Å². The second kappa shape index (κ2) is 11.1. The van der Waals surface area contributed by atoms with Crippen molar-refractivity contribution >= 4 is 25.1 Å². The molecule has 1 aromatic carbocycles. The maximum Gasteiger partial charge on any atom is 0.459 e. The van der Waals surface area contributed by atoms with Gasteiger partial charge in [-0.2, -0.15) is 15.4 Å². The zero-order chi connectivity index (χ0) is 30.4. The van der Waals surface area contributed by atoms with E-state index in [2.05, 4.69) is 21.2 Å². The van der Waals surface area contributed by atoms with Crippen molar-refractivity contribution in [2.24, 2.45) is 0 Å². The molecular weight excluding hydrogens is 583 g/mol.